The molecule has 1 spiro atoms. The summed E-state index contributed by atoms with van der Waals surface area (Å²) in [6.45, 7) is 0.997. The van der Waals surface area contributed by atoms with Crippen molar-refractivity contribution in [3.8, 4) is 0 Å². The van der Waals surface area contributed by atoms with Crippen molar-refractivity contribution in [2.75, 3.05) is 18.0 Å². The maximum atomic E-state index is 12.6. The highest BCUT2D eigenvalue weighted by atomic mass is 16.3. The van der Waals surface area contributed by atoms with E-state index in [1.807, 2.05) is 18.2 Å². The fourth-order valence-corrected chi connectivity index (χ4v) is 4.07. The van der Waals surface area contributed by atoms with Crippen molar-refractivity contribution in [2.45, 2.75) is 43.6 Å². The van der Waals surface area contributed by atoms with Crippen molar-refractivity contribution in [3.63, 3.8) is 0 Å². The predicted octanol–water partition coefficient (Wildman–Crippen LogP) is 1.34. The van der Waals surface area contributed by atoms with Gasteiger partial charge in [-0.05, 0) is 37.3 Å². The summed E-state index contributed by atoms with van der Waals surface area (Å²) < 4.78 is 0. The topological polar surface area (TPSA) is 69.6 Å². The molecule has 1 aliphatic heterocycles. The average Bonchev–Trinajstić information content (AvgIpc) is 3.12. The summed E-state index contributed by atoms with van der Waals surface area (Å²) in [6, 6.07) is 7.90. The zero-order valence-corrected chi connectivity index (χ0v) is 13.1. The van der Waals surface area contributed by atoms with E-state index < -0.39 is 11.8 Å². The van der Waals surface area contributed by atoms with Crippen molar-refractivity contribution in [3.05, 3.63) is 29.8 Å². The first-order valence-electron chi connectivity index (χ1n) is 8.48. The summed E-state index contributed by atoms with van der Waals surface area (Å²) in [5.74, 6) is -0.960. The first-order valence-corrected chi connectivity index (χ1v) is 8.48. The van der Waals surface area contributed by atoms with E-state index in [0.717, 1.165) is 37.8 Å². The Balaban J connectivity index is 1.44. The van der Waals surface area contributed by atoms with Gasteiger partial charge >= 0.3 is 11.8 Å². The first kappa shape index (κ1) is 14.7. The number of fused-ring (bicyclic) bond motifs is 2. The Morgan fingerprint density at radius 3 is 2.74 bits per heavy atom. The number of aliphatic hydroxyl groups excluding tert-OH is 1. The summed E-state index contributed by atoms with van der Waals surface area (Å²) in [5, 5.41) is 12.5. The molecule has 3 aliphatic rings. The van der Waals surface area contributed by atoms with E-state index in [0.29, 0.717) is 13.1 Å². The van der Waals surface area contributed by atoms with Gasteiger partial charge in [-0.15, -0.1) is 0 Å². The van der Waals surface area contributed by atoms with Gasteiger partial charge in [0.1, 0.15) is 0 Å². The van der Waals surface area contributed by atoms with Crippen LogP contribution >= 0.6 is 0 Å². The Hall–Kier alpha value is -1.88. The molecule has 1 aromatic carbocycles. The minimum Gasteiger partial charge on any atom is -0.393 e. The van der Waals surface area contributed by atoms with Crippen LogP contribution in [0.3, 0.4) is 0 Å². The highest BCUT2D eigenvalue weighted by molar-refractivity contribution is 6.40. The highest BCUT2D eigenvalue weighted by Crippen LogP contribution is 2.56. The maximum absolute atomic E-state index is 12.6. The van der Waals surface area contributed by atoms with E-state index in [1.54, 1.807) is 4.90 Å². The number of benzene rings is 1. The smallest absolute Gasteiger partial charge is 0.316 e. The third-order valence-corrected chi connectivity index (χ3v) is 5.66. The van der Waals surface area contributed by atoms with Gasteiger partial charge in [-0.1, -0.05) is 24.6 Å². The molecule has 0 saturated heterocycles. The van der Waals surface area contributed by atoms with Crippen LogP contribution in [0.15, 0.2) is 24.3 Å². The second-order valence-electron chi connectivity index (χ2n) is 7.16. The molecule has 2 N–H and O–H groups in total. The molecule has 2 unspecified atom stereocenters. The molecule has 5 heteroatoms. The second-order valence-corrected chi connectivity index (χ2v) is 7.16. The van der Waals surface area contributed by atoms with Gasteiger partial charge in [-0.2, -0.15) is 0 Å². The van der Waals surface area contributed by atoms with Gasteiger partial charge in [0.15, 0.2) is 0 Å². The Morgan fingerprint density at radius 1 is 1.26 bits per heavy atom. The van der Waals surface area contributed by atoms with Gasteiger partial charge in [0.05, 0.1) is 6.10 Å². The molecule has 0 bridgehead atoms. The van der Waals surface area contributed by atoms with Crippen LogP contribution in [0.2, 0.25) is 0 Å². The van der Waals surface area contributed by atoms with Gasteiger partial charge in [0.2, 0.25) is 0 Å². The molecule has 5 nitrogen and oxygen atoms in total. The van der Waals surface area contributed by atoms with Crippen molar-refractivity contribution in [1.29, 1.82) is 0 Å². The van der Waals surface area contributed by atoms with E-state index in [4.69, 9.17) is 0 Å². The predicted molar refractivity (Wildman–Crippen MR) is 86.1 cm³/mol. The largest absolute Gasteiger partial charge is 0.393 e. The number of anilines is 1. The lowest BCUT2D eigenvalue weighted by Crippen LogP contribution is -2.45. The SMILES string of the molecule is O=C(NCC1CCCC1O)C(=O)N1CC2(CC2)c2ccccc21. The molecule has 2 fully saturated rings. The fraction of sp³-hybridized carbons (Fsp3) is 0.556. The number of nitrogens with zero attached hydrogens (tertiary/aromatic N) is 1. The number of rotatable bonds is 2. The van der Waals surface area contributed by atoms with Crippen LogP contribution in [-0.4, -0.2) is 36.1 Å². The zero-order valence-electron chi connectivity index (χ0n) is 13.1. The van der Waals surface area contributed by atoms with Crippen molar-refractivity contribution in [2.24, 2.45) is 5.92 Å². The molecule has 4 rings (SSSR count). The van der Waals surface area contributed by atoms with Crippen LogP contribution in [0.25, 0.3) is 0 Å². The van der Waals surface area contributed by atoms with E-state index in [2.05, 4.69) is 11.4 Å². The third-order valence-electron chi connectivity index (χ3n) is 5.66. The minimum absolute atomic E-state index is 0.0763. The van der Waals surface area contributed by atoms with E-state index in [-0.39, 0.29) is 17.4 Å². The maximum Gasteiger partial charge on any atom is 0.316 e. The highest BCUT2D eigenvalue weighted by Gasteiger charge is 2.53. The molecule has 122 valence electrons. The molecule has 0 aromatic heterocycles. The van der Waals surface area contributed by atoms with Crippen molar-refractivity contribution < 1.29 is 14.7 Å². The van der Waals surface area contributed by atoms with Gasteiger partial charge < -0.3 is 15.3 Å². The first-order chi connectivity index (χ1) is 11.1. The second kappa shape index (κ2) is 5.34. The Labute approximate surface area is 135 Å². The summed E-state index contributed by atoms with van der Waals surface area (Å²) in [4.78, 5) is 26.4. The van der Waals surface area contributed by atoms with Gasteiger partial charge in [0, 0.05) is 30.1 Å². The minimum atomic E-state index is -0.559. The lowest BCUT2D eigenvalue weighted by atomic mass is 9.99. The third kappa shape index (κ3) is 2.43. The number of aliphatic hydroxyl groups is 1. The van der Waals surface area contributed by atoms with E-state index >= 15 is 0 Å². The number of hydrogen-bond acceptors (Lipinski definition) is 3. The molecule has 2 atom stereocenters. The number of nitrogens with one attached hydrogen (secondary N) is 1. The van der Waals surface area contributed by atoms with E-state index in [1.165, 1.54) is 5.56 Å². The van der Waals surface area contributed by atoms with Crippen LogP contribution < -0.4 is 10.2 Å². The van der Waals surface area contributed by atoms with Crippen LogP contribution in [0.5, 0.6) is 0 Å². The molecule has 23 heavy (non-hydrogen) atoms. The molecule has 2 amide bonds. The van der Waals surface area contributed by atoms with E-state index in [9.17, 15) is 14.7 Å². The van der Waals surface area contributed by atoms with Crippen LogP contribution in [0.1, 0.15) is 37.7 Å². The summed E-state index contributed by atoms with van der Waals surface area (Å²) in [5.41, 5.74) is 2.17. The van der Waals surface area contributed by atoms with Crippen LogP contribution in [-0.2, 0) is 15.0 Å². The Morgan fingerprint density at radius 2 is 2.04 bits per heavy atom. The van der Waals surface area contributed by atoms with Gasteiger partial charge in [0.25, 0.3) is 0 Å². The average molecular weight is 314 g/mol. The van der Waals surface area contributed by atoms with Crippen molar-refractivity contribution in [1.82, 2.24) is 5.32 Å². The molecular weight excluding hydrogens is 292 g/mol. The normalized spacial score (nSPS) is 27.1. The summed E-state index contributed by atoms with van der Waals surface area (Å²) >= 11 is 0. The number of carbonyl (C=O) groups is 2. The Kier molecular flexibility index (Phi) is 3.41. The summed E-state index contributed by atoms with van der Waals surface area (Å²) in [6.07, 6.45) is 4.50. The molecule has 1 aromatic rings. The molecule has 0 radical (unpaired) electrons. The number of para-hydroxylation sites is 1. The summed E-state index contributed by atoms with van der Waals surface area (Å²) in [7, 11) is 0. The number of carbonyl (C=O) groups excluding carboxylic acids is 2. The monoisotopic (exact) mass is 314 g/mol. The molecule has 2 aliphatic carbocycles. The number of hydrogen-bond donors (Lipinski definition) is 2. The zero-order chi connectivity index (χ0) is 16.0. The molecular formula is C18H22N2O3. The molecule has 1 heterocycles. The lowest BCUT2D eigenvalue weighted by Gasteiger charge is -2.19. The standard InChI is InChI=1S/C18H22N2O3/c21-15-7-3-4-12(15)10-19-16(22)17(23)20-11-18(8-9-18)13-5-1-2-6-14(13)20/h1-2,5-6,12,15,21H,3-4,7-11H2,(H,19,22). The fourth-order valence-electron chi connectivity index (χ4n) is 4.07. The Bertz CT molecular complexity index is 653. The quantitative estimate of drug-likeness (QED) is 0.810. The number of amides is 2. The van der Waals surface area contributed by atoms with Gasteiger partial charge in [-0.25, -0.2) is 0 Å². The van der Waals surface area contributed by atoms with Gasteiger partial charge in [-0.3, -0.25) is 9.59 Å². The lowest BCUT2D eigenvalue weighted by molar-refractivity contribution is -0.137. The van der Waals surface area contributed by atoms with Crippen LogP contribution in [0, 0.1) is 5.92 Å². The van der Waals surface area contributed by atoms with Crippen molar-refractivity contribution >= 4 is 17.5 Å². The van der Waals surface area contributed by atoms with Crippen LogP contribution in [0.4, 0.5) is 5.69 Å². The molecule has 2 saturated carbocycles.